The summed E-state index contributed by atoms with van der Waals surface area (Å²) < 4.78 is 38.3. The van der Waals surface area contributed by atoms with Gasteiger partial charge in [0.1, 0.15) is 6.54 Å². The van der Waals surface area contributed by atoms with Gasteiger partial charge in [-0.1, -0.05) is 0 Å². The number of carbonyl (C=O) groups is 1. The zero-order chi connectivity index (χ0) is 19.6. The van der Waals surface area contributed by atoms with Crippen LogP contribution >= 0.6 is 0 Å². The lowest BCUT2D eigenvalue weighted by atomic mass is 9.96. The van der Waals surface area contributed by atoms with Crippen molar-refractivity contribution in [2.75, 3.05) is 19.6 Å². The fourth-order valence-corrected chi connectivity index (χ4v) is 3.16. The molecule has 0 radical (unpaired) electrons. The number of rotatable bonds is 5. The van der Waals surface area contributed by atoms with Crippen LogP contribution in [-0.4, -0.2) is 51.3 Å². The van der Waals surface area contributed by atoms with Gasteiger partial charge in [0.2, 0.25) is 5.91 Å². The third kappa shape index (κ3) is 4.73. The van der Waals surface area contributed by atoms with E-state index in [4.69, 9.17) is 0 Å². The third-order valence-corrected chi connectivity index (χ3v) is 4.59. The van der Waals surface area contributed by atoms with Crippen LogP contribution in [0.4, 0.5) is 18.9 Å². The lowest BCUT2D eigenvalue weighted by Gasteiger charge is -2.31. The molecule has 1 aliphatic heterocycles. The Balaban J connectivity index is 1.56. The number of fused-ring (bicyclic) bond motifs is 1. The Morgan fingerprint density at radius 2 is 2.04 bits per heavy atom. The Morgan fingerprint density at radius 3 is 2.67 bits per heavy atom. The number of amides is 1. The summed E-state index contributed by atoms with van der Waals surface area (Å²) in [5.74, 6) is -0.996. The molecular weight excluding hydrogens is 367 g/mol. The normalized spacial score (nSPS) is 16.6. The monoisotopic (exact) mass is 385 g/mol. The Hall–Kier alpha value is -2.69. The number of nitrogens with one attached hydrogen (secondary N) is 1. The number of carbonyl (C=O) groups excluding carboxylic acids is 1. The fraction of sp³-hybridized carbons (Fsp3) is 0.500. The molecule has 0 aliphatic carbocycles. The summed E-state index contributed by atoms with van der Waals surface area (Å²) in [6.07, 6.45) is -1.92. The number of benzene rings is 1. The van der Waals surface area contributed by atoms with Crippen LogP contribution in [0.3, 0.4) is 0 Å². The molecule has 1 fully saturated rings. The van der Waals surface area contributed by atoms with Crippen molar-refractivity contribution >= 4 is 22.5 Å². The number of nitro benzene ring substituents is 1. The van der Waals surface area contributed by atoms with Gasteiger partial charge in [0, 0.05) is 36.5 Å². The minimum atomic E-state index is -4.41. The first kappa shape index (κ1) is 19.1. The molecular formula is C16H18F3N5O3. The molecule has 0 spiro atoms. The minimum absolute atomic E-state index is 0.00673. The van der Waals surface area contributed by atoms with Gasteiger partial charge < -0.3 is 5.32 Å². The molecule has 0 saturated carbocycles. The summed E-state index contributed by atoms with van der Waals surface area (Å²) in [5.41, 5.74) is 0.748. The molecule has 1 aliphatic rings. The third-order valence-electron chi connectivity index (χ3n) is 4.59. The SMILES string of the molecule is O=C(NCC(F)(F)F)C1CCN(Cn2ncc3cc([N+](=O)[O-])ccc32)CC1. The number of alkyl halides is 3. The zero-order valence-electron chi connectivity index (χ0n) is 14.3. The van der Waals surface area contributed by atoms with E-state index in [-0.39, 0.29) is 5.69 Å². The first-order valence-corrected chi connectivity index (χ1v) is 8.40. The Bertz CT molecular complexity index is 843. The topological polar surface area (TPSA) is 93.3 Å². The van der Waals surface area contributed by atoms with Crippen LogP contribution in [0.25, 0.3) is 10.9 Å². The first-order chi connectivity index (χ1) is 12.7. The van der Waals surface area contributed by atoms with Crippen LogP contribution < -0.4 is 5.32 Å². The van der Waals surface area contributed by atoms with Crippen molar-refractivity contribution < 1.29 is 22.9 Å². The maximum absolute atomic E-state index is 12.2. The van der Waals surface area contributed by atoms with Crippen LogP contribution in [0.15, 0.2) is 24.4 Å². The van der Waals surface area contributed by atoms with E-state index in [1.54, 1.807) is 16.9 Å². The maximum atomic E-state index is 12.2. The second-order valence-corrected chi connectivity index (χ2v) is 6.51. The van der Waals surface area contributed by atoms with Crippen LogP contribution in [0, 0.1) is 16.0 Å². The van der Waals surface area contributed by atoms with Crippen LogP contribution in [-0.2, 0) is 11.5 Å². The predicted octanol–water partition coefficient (Wildman–Crippen LogP) is 2.29. The molecule has 2 heterocycles. The lowest BCUT2D eigenvalue weighted by molar-refractivity contribution is -0.384. The summed E-state index contributed by atoms with van der Waals surface area (Å²) in [6.45, 7) is 0.243. The van der Waals surface area contributed by atoms with Crippen molar-refractivity contribution in [3.05, 3.63) is 34.5 Å². The number of nitro groups is 1. The second kappa shape index (κ2) is 7.51. The van der Waals surface area contributed by atoms with Gasteiger partial charge in [-0.05, 0) is 18.9 Å². The highest BCUT2D eigenvalue weighted by Gasteiger charge is 2.31. The number of non-ortho nitro benzene ring substituents is 1. The molecule has 1 N–H and O–H groups in total. The Kier molecular flexibility index (Phi) is 5.31. The van der Waals surface area contributed by atoms with E-state index in [1.165, 1.54) is 12.1 Å². The summed E-state index contributed by atoms with van der Waals surface area (Å²) in [7, 11) is 0. The van der Waals surface area contributed by atoms with Gasteiger partial charge in [-0.2, -0.15) is 18.3 Å². The lowest BCUT2D eigenvalue weighted by Crippen LogP contribution is -2.43. The van der Waals surface area contributed by atoms with Crippen LogP contribution in [0.5, 0.6) is 0 Å². The Labute approximate surface area is 152 Å². The van der Waals surface area contributed by atoms with E-state index in [1.807, 2.05) is 10.2 Å². The van der Waals surface area contributed by atoms with E-state index in [9.17, 15) is 28.1 Å². The quantitative estimate of drug-likeness (QED) is 0.630. The number of hydrogen-bond donors (Lipinski definition) is 1. The molecule has 2 aromatic rings. The molecule has 11 heteroatoms. The van der Waals surface area contributed by atoms with Crippen molar-refractivity contribution in [2.24, 2.45) is 5.92 Å². The van der Waals surface area contributed by atoms with E-state index < -0.39 is 29.5 Å². The Morgan fingerprint density at radius 1 is 1.33 bits per heavy atom. The molecule has 0 atom stereocenters. The average molecular weight is 385 g/mol. The predicted molar refractivity (Wildman–Crippen MR) is 89.7 cm³/mol. The highest BCUT2D eigenvalue weighted by molar-refractivity contribution is 5.81. The van der Waals surface area contributed by atoms with Gasteiger partial charge in [0.05, 0.1) is 23.3 Å². The van der Waals surface area contributed by atoms with Gasteiger partial charge in [-0.25, -0.2) is 0 Å². The van der Waals surface area contributed by atoms with E-state index >= 15 is 0 Å². The molecule has 0 unspecified atom stereocenters. The minimum Gasteiger partial charge on any atom is -0.347 e. The number of halogens is 3. The van der Waals surface area contributed by atoms with E-state index in [0.717, 1.165) is 5.52 Å². The standard InChI is InChI=1S/C16H18F3N5O3/c17-16(18,19)9-20-15(25)11-3-5-22(6-4-11)10-23-14-2-1-13(24(26)27)7-12(14)8-21-23/h1-2,7-8,11H,3-6,9-10H2,(H,20,25). The average Bonchev–Trinajstić information content (AvgIpc) is 3.02. The summed E-state index contributed by atoms with van der Waals surface area (Å²) >= 11 is 0. The van der Waals surface area contributed by atoms with Crippen molar-refractivity contribution in [3.63, 3.8) is 0 Å². The van der Waals surface area contributed by atoms with E-state index in [0.29, 0.717) is 38.0 Å². The van der Waals surface area contributed by atoms with Gasteiger partial charge in [0.15, 0.2) is 0 Å². The number of hydrogen-bond acceptors (Lipinski definition) is 5. The summed E-state index contributed by atoms with van der Waals surface area (Å²) in [5, 5.41) is 17.7. The van der Waals surface area contributed by atoms with Gasteiger partial charge in [-0.3, -0.25) is 24.5 Å². The molecule has 1 aromatic heterocycles. The van der Waals surface area contributed by atoms with Crippen LogP contribution in [0.2, 0.25) is 0 Å². The van der Waals surface area contributed by atoms with Gasteiger partial charge >= 0.3 is 6.18 Å². The maximum Gasteiger partial charge on any atom is 0.405 e. The molecule has 146 valence electrons. The number of likely N-dealkylation sites (tertiary alicyclic amines) is 1. The number of piperidine rings is 1. The van der Waals surface area contributed by atoms with E-state index in [2.05, 4.69) is 5.10 Å². The first-order valence-electron chi connectivity index (χ1n) is 8.40. The van der Waals surface area contributed by atoms with Gasteiger partial charge in [0.25, 0.3) is 5.69 Å². The molecule has 0 bridgehead atoms. The second-order valence-electron chi connectivity index (χ2n) is 6.51. The largest absolute Gasteiger partial charge is 0.405 e. The molecule has 8 nitrogen and oxygen atoms in total. The number of aromatic nitrogens is 2. The van der Waals surface area contributed by atoms with Crippen LogP contribution in [0.1, 0.15) is 12.8 Å². The number of nitrogens with zero attached hydrogens (tertiary/aromatic N) is 4. The van der Waals surface area contributed by atoms with Crippen molar-refractivity contribution in [3.8, 4) is 0 Å². The summed E-state index contributed by atoms with van der Waals surface area (Å²) in [4.78, 5) is 24.2. The molecule has 1 amide bonds. The molecule has 3 rings (SSSR count). The van der Waals surface area contributed by atoms with Crippen molar-refractivity contribution in [2.45, 2.75) is 25.7 Å². The van der Waals surface area contributed by atoms with Crippen molar-refractivity contribution in [1.82, 2.24) is 20.0 Å². The summed E-state index contributed by atoms with van der Waals surface area (Å²) in [6, 6.07) is 4.51. The zero-order valence-corrected chi connectivity index (χ0v) is 14.3. The molecule has 1 aromatic carbocycles. The van der Waals surface area contributed by atoms with Crippen molar-refractivity contribution in [1.29, 1.82) is 0 Å². The van der Waals surface area contributed by atoms with Gasteiger partial charge in [-0.15, -0.1) is 0 Å². The smallest absolute Gasteiger partial charge is 0.347 e. The fourth-order valence-electron chi connectivity index (χ4n) is 3.16. The molecule has 1 saturated heterocycles. The molecule has 27 heavy (non-hydrogen) atoms. The highest BCUT2D eigenvalue weighted by Crippen LogP contribution is 2.23. The highest BCUT2D eigenvalue weighted by atomic mass is 19.4.